The van der Waals surface area contributed by atoms with Crippen LogP contribution >= 0.6 is 0 Å². The number of halogens is 2. The van der Waals surface area contributed by atoms with E-state index in [0.29, 0.717) is 72.1 Å². The van der Waals surface area contributed by atoms with Crippen molar-refractivity contribution in [1.29, 1.82) is 0 Å². The van der Waals surface area contributed by atoms with E-state index in [2.05, 4.69) is 71.7 Å². The molecule has 1 aliphatic rings. The number of piperazine rings is 1. The predicted octanol–water partition coefficient (Wildman–Crippen LogP) is 7.45. The molecule has 5 aromatic rings. The van der Waals surface area contributed by atoms with Gasteiger partial charge in [-0.25, -0.2) is 8.78 Å². The van der Waals surface area contributed by atoms with Crippen LogP contribution in [0.4, 0.5) is 8.78 Å². The largest absolute Gasteiger partial charge is 0.379 e. The zero-order chi connectivity index (χ0) is 36.1. The van der Waals surface area contributed by atoms with E-state index in [9.17, 15) is 13.6 Å². The summed E-state index contributed by atoms with van der Waals surface area (Å²) in [5.74, 6) is -0.541. The fourth-order valence-electron chi connectivity index (χ4n) is 6.68. The maximum atomic E-state index is 13.6. The number of pyridine rings is 1. The molecule has 1 saturated heterocycles. The lowest BCUT2D eigenvalue weighted by atomic mass is 9.95. The Morgan fingerprint density at radius 3 is 2.00 bits per heavy atom. The lowest BCUT2D eigenvalue weighted by Crippen LogP contribution is -2.50. The fraction of sp³-hybridized carbons (Fsp3) is 0.302. The zero-order valence-corrected chi connectivity index (χ0v) is 29.6. The van der Waals surface area contributed by atoms with E-state index < -0.39 is 0 Å². The Balaban J connectivity index is 0.839. The van der Waals surface area contributed by atoms with Crippen LogP contribution in [0.1, 0.15) is 34.7 Å². The second-order valence-corrected chi connectivity index (χ2v) is 13.0. The highest BCUT2D eigenvalue weighted by Crippen LogP contribution is 2.32. The third-order valence-corrected chi connectivity index (χ3v) is 9.51. The maximum absolute atomic E-state index is 13.6. The molecule has 1 N–H and O–H groups in total. The van der Waals surface area contributed by atoms with E-state index in [1.165, 1.54) is 41.0 Å². The summed E-state index contributed by atoms with van der Waals surface area (Å²) in [7, 11) is 0. The molecule has 0 unspecified atom stereocenters. The van der Waals surface area contributed by atoms with Gasteiger partial charge in [0.25, 0.3) is 0 Å². The van der Waals surface area contributed by atoms with Crippen molar-refractivity contribution in [2.45, 2.75) is 25.9 Å². The first kappa shape index (κ1) is 37.0. The van der Waals surface area contributed by atoms with Crippen LogP contribution in [-0.2, 0) is 20.8 Å². The Labute approximate surface area is 305 Å². The van der Waals surface area contributed by atoms with Crippen LogP contribution in [0.15, 0.2) is 115 Å². The molecule has 0 atom stereocenters. The summed E-state index contributed by atoms with van der Waals surface area (Å²) in [4.78, 5) is 21.8. The maximum Gasteiger partial charge on any atom is 0.224 e. The Morgan fingerprint density at radius 1 is 0.731 bits per heavy atom. The minimum Gasteiger partial charge on any atom is -0.379 e. The van der Waals surface area contributed by atoms with Gasteiger partial charge < -0.3 is 19.7 Å². The van der Waals surface area contributed by atoms with Gasteiger partial charge >= 0.3 is 0 Å². The average Bonchev–Trinajstić information content (AvgIpc) is 3.18. The first-order chi connectivity index (χ1) is 25.5. The van der Waals surface area contributed by atoms with Crippen molar-refractivity contribution < 1.29 is 23.0 Å². The Bertz CT molecular complexity index is 1800. The minimum absolute atomic E-state index is 0.0586. The Hall–Kier alpha value is -4.80. The third kappa shape index (κ3) is 9.95. The molecule has 4 aromatic carbocycles. The van der Waals surface area contributed by atoms with Crippen molar-refractivity contribution in [3.63, 3.8) is 0 Å². The highest BCUT2D eigenvalue weighted by Gasteiger charge is 2.28. The number of hydrogen-bond acceptors (Lipinski definition) is 6. The van der Waals surface area contributed by atoms with E-state index in [1.807, 2.05) is 17.2 Å². The van der Waals surface area contributed by atoms with Gasteiger partial charge in [-0.2, -0.15) is 0 Å². The number of aromatic nitrogens is 1. The van der Waals surface area contributed by atoms with Crippen molar-refractivity contribution in [2.75, 3.05) is 59.2 Å². The van der Waals surface area contributed by atoms with Gasteiger partial charge in [-0.1, -0.05) is 78.9 Å². The molecular weight excluding hydrogens is 658 g/mol. The lowest BCUT2D eigenvalue weighted by molar-refractivity contribution is -0.134. The summed E-state index contributed by atoms with van der Waals surface area (Å²) in [5, 5.41) is 3.40. The molecule has 0 radical (unpaired) electrons. The summed E-state index contributed by atoms with van der Waals surface area (Å²) in [6.07, 6.45) is 2.23. The zero-order valence-electron chi connectivity index (χ0n) is 29.6. The molecule has 0 spiro atoms. The molecule has 0 bridgehead atoms. The van der Waals surface area contributed by atoms with Gasteiger partial charge in [0.1, 0.15) is 11.6 Å². The van der Waals surface area contributed by atoms with Gasteiger partial charge in [-0.3, -0.25) is 14.7 Å². The van der Waals surface area contributed by atoms with Crippen LogP contribution in [0.5, 0.6) is 0 Å². The summed E-state index contributed by atoms with van der Waals surface area (Å²) in [6.45, 7) is 7.79. The highest BCUT2D eigenvalue weighted by atomic mass is 19.1. The quantitative estimate of drug-likeness (QED) is 0.108. The smallest absolute Gasteiger partial charge is 0.224 e. The number of nitrogens with one attached hydrogen (secondary N) is 1. The summed E-state index contributed by atoms with van der Waals surface area (Å²) in [6, 6.07) is 33.7. The summed E-state index contributed by atoms with van der Waals surface area (Å²) >= 11 is 0. The first-order valence-electron chi connectivity index (χ1n) is 18.0. The number of hydrogen-bond donors (Lipinski definition) is 1. The monoisotopic (exact) mass is 704 g/mol. The van der Waals surface area contributed by atoms with Gasteiger partial charge in [0, 0.05) is 51.0 Å². The molecule has 1 aromatic heterocycles. The van der Waals surface area contributed by atoms with Crippen LogP contribution in [0, 0.1) is 18.6 Å². The van der Waals surface area contributed by atoms with E-state index in [-0.39, 0.29) is 23.6 Å². The number of nitrogens with zero attached hydrogens (tertiary/aromatic N) is 3. The second-order valence-electron chi connectivity index (χ2n) is 13.0. The number of benzene rings is 4. The van der Waals surface area contributed by atoms with Crippen LogP contribution in [-0.4, -0.2) is 79.8 Å². The molecule has 2 heterocycles. The summed E-state index contributed by atoms with van der Waals surface area (Å²) in [5.41, 5.74) is 8.70. The van der Waals surface area contributed by atoms with Crippen LogP contribution in [0.3, 0.4) is 0 Å². The standard InChI is InChI=1S/C43H46F2N4O3/c1-32-39(34-6-3-2-4-7-34)8-5-9-40(32)41-19-10-33(31-47-41)30-46-21-27-52-29-28-51-26-20-42(50)48-22-24-49(25-23-48)43(35-11-15-37(44)16-12-35)36-13-17-38(45)18-14-36/h2-19,31,43,46H,20-30H2,1H3. The molecule has 1 fully saturated rings. The van der Waals surface area contributed by atoms with E-state index in [1.54, 1.807) is 24.3 Å². The normalized spacial score (nSPS) is 13.5. The molecule has 9 heteroatoms. The molecular formula is C43H46F2N4O3. The van der Waals surface area contributed by atoms with Crippen molar-refractivity contribution in [3.8, 4) is 22.4 Å². The van der Waals surface area contributed by atoms with Crippen LogP contribution < -0.4 is 5.32 Å². The van der Waals surface area contributed by atoms with Gasteiger partial charge in [0.15, 0.2) is 0 Å². The van der Waals surface area contributed by atoms with Crippen LogP contribution in [0.2, 0.25) is 0 Å². The highest BCUT2D eigenvalue weighted by molar-refractivity contribution is 5.77. The van der Waals surface area contributed by atoms with E-state index in [0.717, 1.165) is 27.9 Å². The number of carbonyl (C=O) groups excluding carboxylic acids is 1. The van der Waals surface area contributed by atoms with Gasteiger partial charge in [-0.05, 0) is 70.6 Å². The van der Waals surface area contributed by atoms with Crippen LogP contribution in [0.25, 0.3) is 22.4 Å². The average molecular weight is 705 g/mol. The molecule has 0 saturated carbocycles. The minimum atomic E-state index is -0.300. The van der Waals surface area contributed by atoms with Gasteiger partial charge in [0.2, 0.25) is 5.91 Å². The van der Waals surface area contributed by atoms with E-state index >= 15 is 0 Å². The number of rotatable bonds is 16. The topological polar surface area (TPSA) is 66.9 Å². The number of ether oxygens (including phenoxy) is 2. The molecule has 7 nitrogen and oxygen atoms in total. The third-order valence-electron chi connectivity index (χ3n) is 9.51. The molecule has 0 aliphatic carbocycles. The Morgan fingerprint density at radius 2 is 1.37 bits per heavy atom. The summed E-state index contributed by atoms with van der Waals surface area (Å²) < 4.78 is 38.7. The molecule has 52 heavy (non-hydrogen) atoms. The fourth-order valence-corrected chi connectivity index (χ4v) is 6.68. The van der Waals surface area contributed by atoms with Crippen molar-refractivity contribution in [3.05, 3.63) is 149 Å². The van der Waals surface area contributed by atoms with Gasteiger partial charge in [0.05, 0.1) is 44.6 Å². The molecule has 1 aliphatic heterocycles. The van der Waals surface area contributed by atoms with E-state index in [4.69, 9.17) is 14.5 Å². The molecule has 6 rings (SSSR count). The number of carbonyl (C=O) groups is 1. The predicted molar refractivity (Wildman–Crippen MR) is 201 cm³/mol. The molecule has 1 amide bonds. The Kier molecular flexibility index (Phi) is 13.2. The van der Waals surface area contributed by atoms with Crippen molar-refractivity contribution in [1.82, 2.24) is 20.1 Å². The number of amides is 1. The SMILES string of the molecule is Cc1c(-c2ccccc2)cccc1-c1ccc(CNCCOCCOCCC(=O)N2CCN(C(c3ccc(F)cc3)c3ccc(F)cc3)CC2)cn1. The lowest BCUT2D eigenvalue weighted by Gasteiger charge is -2.40. The molecule has 270 valence electrons. The second kappa shape index (κ2) is 18.6. The van der Waals surface area contributed by atoms with Gasteiger partial charge in [-0.15, -0.1) is 0 Å². The van der Waals surface area contributed by atoms with Crippen molar-refractivity contribution in [2.24, 2.45) is 0 Å². The van der Waals surface area contributed by atoms with Crippen molar-refractivity contribution >= 4 is 5.91 Å². The first-order valence-corrected chi connectivity index (χ1v) is 18.0.